The minimum absolute atomic E-state index is 0.0171. The van der Waals surface area contributed by atoms with Crippen molar-refractivity contribution in [2.45, 2.75) is 125 Å². The molecule has 0 aromatic heterocycles. The molecule has 190 valence electrons. The van der Waals surface area contributed by atoms with Crippen molar-refractivity contribution < 1.29 is 14.6 Å². The standard InChI is InChI=1S/C31H48O3/c1-18(2)19(3)24-17-20(27(33)34-24)21-11-15-31(8)23-9-10-25-28(4,5)26(32)13-14-29(25,6)22(23)12-16-30(21,31)7/h20-21,24-26,32H,9-17H2,1-8H3/t20?,21?,24-,25+,26+,29-,30-,31+/m1/s1. The Morgan fingerprint density at radius 1 is 0.912 bits per heavy atom. The van der Waals surface area contributed by atoms with Crippen molar-refractivity contribution in [1.29, 1.82) is 0 Å². The van der Waals surface area contributed by atoms with E-state index in [4.69, 9.17) is 4.74 Å². The number of aliphatic hydroxyl groups is 1. The van der Waals surface area contributed by atoms with Gasteiger partial charge in [-0.2, -0.15) is 0 Å². The van der Waals surface area contributed by atoms with E-state index in [-0.39, 0.29) is 45.8 Å². The molecular formula is C31H48O3. The zero-order valence-electron chi connectivity index (χ0n) is 23.0. The summed E-state index contributed by atoms with van der Waals surface area (Å²) in [5, 5.41) is 10.8. The second-order valence-corrected chi connectivity index (χ2v) is 14.2. The number of cyclic esters (lactones) is 1. The van der Waals surface area contributed by atoms with Gasteiger partial charge in [-0.05, 0) is 111 Å². The minimum Gasteiger partial charge on any atom is -0.458 e. The fourth-order valence-electron chi connectivity index (χ4n) is 9.88. The van der Waals surface area contributed by atoms with Gasteiger partial charge in [-0.1, -0.05) is 51.3 Å². The Hall–Kier alpha value is -1.09. The van der Waals surface area contributed by atoms with E-state index in [1.54, 1.807) is 11.1 Å². The van der Waals surface area contributed by atoms with E-state index in [0.29, 0.717) is 11.8 Å². The van der Waals surface area contributed by atoms with Crippen molar-refractivity contribution in [3.63, 3.8) is 0 Å². The first-order valence-corrected chi connectivity index (χ1v) is 14.0. The third-order valence-electron chi connectivity index (χ3n) is 12.6. The summed E-state index contributed by atoms with van der Waals surface area (Å²) >= 11 is 0. The number of carbonyl (C=O) groups excluding carboxylic acids is 1. The Kier molecular flexibility index (Phi) is 5.57. The van der Waals surface area contributed by atoms with Gasteiger partial charge in [0.1, 0.15) is 6.10 Å². The summed E-state index contributed by atoms with van der Waals surface area (Å²) in [6.45, 7) is 18.6. The van der Waals surface area contributed by atoms with Gasteiger partial charge >= 0.3 is 5.97 Å². The van der Waals surface area contributed by atoms with Crippen molar-refractivity contribution in [3.8, 4) is 0 Å². The van der Waals surface area contributed by atoms with Crippen LogP contribution in [0.5, 0.6) is 0 Å². The van der Waals surface area contributed by atoms with Crippen LogP contribution in [0.4, 0.5) is 0 Å². The third-order valence-corrected chi connectivity index (χ3v) is 12.6. The molecule has 1 N–H and O–H groups in total. The lowest BCUT2D eigenvalue weighted by atomic mass is 9.43. The molecular weight excluding hydrogens is 420 g/mol. The lowest BCUT2D eigenvalue weighted by molar-refractivity contribution is -0.146. The Morgan fingerprint density at radius 2 is 1.62 bits per heavy atom. The first-order chi connectivity index (χ1) is 15.8. The largest absolute Gasteiger partial charge is 0.458 e. The Bertz CT molecular complexity index is 952. The van der Waals surface area contributed by atoms with Crippen LogP contribution in [-0.2, 0) is 9.53 Å². The number of ether oxygens (including phenoxy) is 1. The monoisotopic (exact) mass is 468 g/mol. The van der Waals surface area contributed by atoms with Crippen molar-refractivity contribution in [2.24, 2.45) is 39.4 Å². The molecule has 8 atom stereocenters. The van der Waals surface area contributed by atoms with Gasteiger partial charge in [-0.25, -0.2) is 0 Å². The van der Waals surface area contributed by atoms with Gasteiger partial charge in [-0.3, -0.25) is 4.79 Å². The maximum Gasteiger partial charge on any atom is 0.309 e. The lowest BCUT2D eigenvalue weighted by Crippen LogP contribution is -2.55. The number of allylic oxidation sites excluding steroid dienone is 3. The first kappa shape index (κ1) is 24.6. The van der Waals surface area contributed by atoms with Gasteiger partial charge in [0.25, 0.3) is 0 Å². The quantitative estimate of drug-likeness (QED) is 0.339. The Labute approximate surface area is 207 Å². The lowest BCUT2D eigenvalue weighted by Gasteiger charge is -2.62. The molecule has 0 aromatic rings. The average Bonchev–Trinajstić information content (AvgIpc) is 3.27. The second-order valence-electron chi connectivity index (χ2n) is 14.2. The van der Waals surface area contributed by atoms with E-state index < -0.39 is 0 Å². The van der Waals surface area contributed by atoms with Crippen LogP contribution < -0.4 is 0 Å². The van der Waals surface area contributed by atoms with E-state index >= 15 is 0 Å². The molecule has 0 aromatic carbocycles. The van der Waals surface area contributed by atoms with Gasteiger partial charge in [0, 0.05) is 6.42 Å². The van der Waals surface area contributed by atoms with Crippen molar-refractivity contribution in [1.82, 2.24) is 0 Å². The molecule has 0 radical (unpaired) electrons. The summed E-state index contributed by atoms with van der Waals surface area (Å²) in [6, 6.07) is 0. The first-order valence-electron chi connectivity index (χ1n) is 14.0. The molecule has 4 aliphatic carbocycles. The van der Waals surface area contributed by atoms with Crippen LogP contribution in [0.15, 0.2) is 22.3 Å². The maximum atomic E-state index is 13.2. The molecule has 3 nitrogen and oxygen atoms in total. The molecule has 3 fully saturated rings. The molecule has 34 heavy (non-hydrogen) atoms. The summed E-state index contributed by atoms with van der Waals surface area (Å²) < 4.78 is 5.96. The normalized spacial score (nSPS) is 47.6. The molecule has 1 saturated heterocycles. The maximum absolute atomic E-state index is 13.2. The topological polar surface area (TPSA) is 46.5 Å². The van der Waals surface area contributed by atoms with E-state index in [1.165, 1.54) is 43.3 Å². The van der Waals surface area contributed by atoms with E-state index in [0.717, 1.165) is 25.7 Å². The number of carbonyl (C=O) groups is 1. The van der Waals surface area contributed by atoms with Crippen LogP contribution in [-0.4, -0.2) is 23.3 Å². The van der Waals surface area contributed by atoms with Crippen LogP contribution in [0.2, 0.25) is 0 Å². The number of rotatable bonds is 2. The number of esters is 1. The molecule has 0 bridgehead atoms. The molecule has 3 heteroatoms. The molecule has 1 heterocycles. The highest BCUT2D eigenvalue weighted by Gasteiger charge is 2.65. The molecule has 1 aliphatic heterocycles. The minimum atomic E-state index is -0.182. The highest BCUT2D eigenvalue weighted by molar-refractivity contribution is 5.76. The molecule has 0 amide bonds. The number of fused-ring (bicyclic) bond motifs is 4. The summed E-state index contributed by atoms with van der Waals surface area (Å²) in [5.41, 5.74) is 6.56. The third kappa shape index (κ3) is 3.07. The van der Waals surface area contributed by atoms with E-state index in [1.807, 2.05) is 0 Å². The van der Waals surface area contributed by atoms with Crippen LogP contribution in [0.25, 0.3) is 0 Å². The molecule has 2 unspecified atom stereocenters. The van der Waals surface area contributed by atoms with E-state index in [9.17, 15) is 9.90 Å². The summed E-state index contributed by atoms with van der Waals surface area (Å²) in [4.78, 5) is 13.2. The summed E-state index contributed by atoms with van der Waals surface area (Å²) in [6.07, 6.45) is 9.79. The fraction of sp³-hybridized carbons (Fsp3) is 0.839. The average molecular weight is 469 g/mol. The van der Waals surface area contributed by atoms with Gasteiger partial charge in [0.15, 0.2) is 0 Å². The predicted octanol–water partition coefficient (Wildman–Crippen LogP) is 7.38. The zero-order chi connectivity index (χ0) is 24.8. The van der Waals surface area contributed by atoms with Gasteiger partial charge in [-0.15, -0.1) is 0 Å². The Morgan fingerprint density at radius 3 is 2.29 bits per heavy atom. The number of aliphatic hydroxyl groups excluding tert-OH is 1. The second kappa shape index (κ2) is 7.70. The fourth-order valence-corrected chi connectivity index (χ4v) is 9.88. The SMILES string of the molecule is CC(C)=C(C)[C@H]1CC(C2CC[C@@]3(C)C4=C(CC[C@]23C)[C@@]2(C)CC[C@H](O)C(C)(C)[C@@H]2CC4)C(=O)O1. The van der Waals surface area contributed by atoms with Crippen molar-refractivity contribution >= 4 is 5.97 Å². The summed E-state index contributed by atoms with van der Waals surface area (Å²) in [5.74, 6) is 1.08. The number of hydrogen-bond acceptors (Lipinski definition) is 3. The smallest absolute Gasteiger partial charge is 0.309 e. The molecule has 0 spiro atoms. The van der Waals surface area contributed by atoms with Crippen LogP contribution >= 0.6 is 0 Å². The van der Waals surface area contributed by atoms with Crippen LogP contribution in [0.1, 0.15) is 113 Å². The molecule has 2 saturated carbocycles. The van der Waals surface area contributed by atoms with Crippen molar-refractivity contribution in [3.05, 3.63) is 22.3 Å². The van der Waals surface area contributed by atoms with Gasteiger partial charge in [0.2, 0.25) is 0 Å². The molecule has 5 aliphatic rings. The predicted molar refractivity (Wildman–Crippen MR) is 137 cm³/mol. The number of hydrogen-bond donors (Lipinski definition) is 1. The van der Waals surface area contributed by atoms with E-state index in [2.05, 4.69) is 55.4 Å². The Balaban J connectivity index is 1.48. The van der Waals surface area contributed by atoms with Gasteiger partial charge < -0.3 is 9.84 Å². The molecule has 5 rings (SSSR count). The highest BCUT2D eigenvalue weighted by Crippen LogP contribution is 2.72. The van der Waals surface area contributed by atoms with Gasteiger partial charge in [0.05, 0.1) is 12.0 Å². The zero-order valence-corrected chi connectivity index (χ0v) is 23.0. The van der Waals surface area contributed by atoms with Crippen LogP contribution in [0, 0.1) is 39.4 Å². The summed E-state index contributed by atoms with van der Waals surface area (Å²) in [7, 11) is 0. The van der Waals surface area contributed by atoms with Crippen LogP contribution in [0.3, 0.4) is 0 Å². The van der Waals surface area contributed by atoms with Crippen molar-refractivity contribution in [2.75, 3.05) is 0 Å². The highest BCUT2D eigenvalue weighted by atomic mass is 16.6.